The Morgan fingerprint density at radius 3 is 2.47 bits per heavy atom. The first-order valence-electron chi connectivity index (χ1n) is 5.01. The van der Waals surface area contributed by atoms with Crippen LogP contribution in [0.25, 0.3) is 0 Å². The lowest BCUT2D eigenvalue weighted by Crippen LogP contribution is -2.17. The molecule has 1 aromatic heterocycles. The summed E-state index contributed by atoms with van der Waals surface area (Å²) in [5, 5.41) is 2.65. The largest absolute Gasteiger partial charge is 0.399 e. The molecule has 0 saturated carbocycles. The van der Waals surface area contributed by atoms with Crippen LogP contribution in [0.5, 0.6) is 0 Å². The van der Waals surface area contributed by atoms with Crippen LogP contribution >= 0.6 is 0 Å². The van der Waals surface area contributed by atoms with Gasteiger partial charge in [0.1, 0.15) is 5.69 Å². The molecule has 0 aliphatic heterocycles. The van der Waals surface area contributed by atoms with Gasteiger partial charge in [-0.25, -0.2) is 0 Å². The minimum Gasteiger partial charge on any atom is -0.399 e. The molecule has 4 N–H and O–H groups in total. The number of nitrogen functional groups attached to an aromatic ring is 1. The van der Waals surface area contributed by atoms with Crippen molar-refractivity contribution in [2.24, 2.45) is 0 Å². The van der Waals surface area contributed by atoms with Crippen LogP contribution in [-0.2, 0) is 0 Å². The van der Waals surface area contributed by atoms with Crippen LogP contribution in [0.15, 0.2) is 47.3 Å². The first-order valence-corrected chi connectivity index (χ1v) is 5.01. The number of anilines is 2. The fourth-order valence-corrected chi connectivity index (χ4v) is 1.35. The highest BCUT2D eigenvalue weighted by molar-refractivity contribution is 6.02. The van der Waals surface area contributed by atoms with E-state index in [0.29, 0.717) is 11.4 Å². The third kappa shape index (κ3) is 2.72. The number of hydrogen-bond donors (Lipinski definition) is 3. The zero-order valence-corrected chi connectivity index (χ0v) is 8.94. The first-order chi connectivity index (χ1) is 8.15. The number of pyridine rings is 1. The summed E-state index contributed by atoms with van der Waals surface area (Å²) in [7, 11) is 0. The second kappa shape index (κ2) is 4.52. The smallest absolute Gasteiger partial charge is 0.272 e. The summed E-state index contributed by atoms with van der Waals surface area (Å²) in [6.07, 6.45) is 0. The van der Waals surface area contributed by atoms with Gasteiger partial charge in [0, 0.05) is 17.4 Å². The molecule has 5 heteroatoms. The zero-order valence-electron chi connectivity index (χ0n) is 8.94. The molecule has 2 aromatic rings. The summed E-state index contributed by atoms with van der Waals surface area (Å²) in [6.45, 7) is 0. The van der Waals surface area contributed by atoms with Crippen molar-refractivity contribution < 1.29 is 4.79 Å². The molecular formula is C12H11N3O2. The van der Waals surface area contributed by atoms with Crippen LogP contribution in [0, 0.1) is 0 Å². The van der Waals surface area contributed by atoms with Gasteiger partial charge in [-0.1, -0.05) is 6.07 Å². The quantitative estimate of drug-likeness (QED) is 0.676. The van der Waals surface area contributed by atoms with Gasteiger partial charge in [0.15, 0.2) is 0 Å². The maximum absolute atomic E-state index is 11.7. The van der Waals surface area contributed by atoms with Crippen molar-refractivity contribution >= 4 is 17.3 Å². The van der Waals surface area contributed by atoms with E-state index >= 15 is 0 Å². The Kier molecular flexibility index (Phi) is 2.91. The Hall–Kier alpha value is -2.56. The molecule has 0 radical (unpaired) electrons. The van der Waals surface area contributed by atoms with Gasteiger partial charge >= 0.3 is 0 Å². The predicted octanol–water partition coefficient (Wildman–Crippen LogP) is 1.21. The van der Waals surface area contributed by atoms with Crippen molar-refractivity contribution in [3.8, 4) is 0 Å². The number of aromatic nitrogens is 1. The summed E-state index contributed by atoms with van der Waals surface area (Å²) in [4.78, 5) is 25.2. The van der Waals surface area contributed by atoms with Crippen LogP contribution < -0.4 is 16.6 Å². The third-order valence-electron chi connectivity index (χ3n) is 2.18. The van der Waals surface area contributed by atoms with Crippen molar-refractivity contribution in [2.45, 2.75) is 0 Å². The molecule has 1 aromatic carbocycles. The summed E-state index contributed by atoms with van der Waals surface area (Å²) in [5.41, 5.74) is 6.68. The Labute approximate surface area is 97.3 Å². The Bertz CT molecular complexity index is 587. The molecule has 5 nitrogen and oxygen atoms in total. The normalized spacial score (nSPS) is 9.88. The minimum absolute atomic E-state index is 0.217. The van der Waals surface area contributed by atoms with Crippen molar-refractivity contribution in [1.82, 2.24) is 4.98 Å². The van der Waals surface area contributed by atoms with Gasteiger partial charge in [-0.2, -0.15) is 0 Å². The Morgan fingerprint density at radius 2 is 1.82 bits per heavy atom. The number of nitrogens with two attached hydrogens (primary N) is 1. The molecule has 2 rings (SSSR count). The molecule has 86 valence electrons. The molecule has 0 fully saturated rings. The van der Waals surface area contributed by atoms with Crippen molar-refractivity contribution in [2.75, 3.05) is 11.1 Å². The van der Waals surface area contributed by atoms with Crippen LogP contribution in [0.1, 0.15) is 10.5 Å². The SMILES string of the molecule is Nc1ccc(NC(=O)c2cccc(=O)[nH]2)cc1. The van der Waals surface area contributed by atoms with E-state index in [4.69, 9.17) is 5.73 Å². The maximum Gasteiger partial charge on any atom is 0.272 e. The highest BCUT2D eigenvalue weighted by atomic mass is 16.2. The van der Waals surface area contributed by atoms with E-state index in [2.05, 4.69) is 10.3 Å². The fraction of sp³-hybridized carbons (Fsp3) is 0. The standard InChI is InChI=1S/C12H11N3O2/c13-8-4-6-9(7-5-8)14-12(17)10-2-1-3-11(16)15-10/h1-7H,13H2,(H,14,17)(H,15,16). The number of rotatable bonds is 2. The van der Waals surface area contributed by atoms with Gasteiger partial charge in [0.25, 0.3) is 5.91 Å². The van der Waals surface area contributed by atoms with E-state index in [1.807, 2.05) is 0 Å². The highest BCUT2D eigenvalue weighted by Gasteiger charge is 2.05. The number of carbonyl (C=O) groups is 1. The van der Waals surface area contributed by atoms with Crippen molar-refractivity contribution in [3.63, 3.8) is 0 Å². The first kappa shape index (κ1) is 10.9. The van der Waals surface area contributed by atoms with Crippen molar-refractivity contribution in [3.05, 3.63) is 58.5 Å². The van der Waals surface area contributed by atoms with Gasteiger partial charge in [-0.05, 0) is 30.3 Å². The van der Waals surface area contributed by atoms with E-state index in [-0.39, 0.29) is 17.2 Å². The molecular weight excluding hydrogens is 218 g/mol. The number of nitrogens with one attached hydrogen (secondary N) is 2. The zero-order chi connectivity index (χ0) is 12.3. The Morgan fingerprint density at radius 1 is 1.12 bits per heavy atom. The van der Waals surface area contributed by atoms with Crippen molar-refractivity contribution in [1.29, 1.82) is 0 Å². The topological polar surface area (TPSA) is 88.0 Å². The lowest BCUT2D eigenvalue weighted by molar-refractivity contribution is 0.102. The number of aromatic amines is 1. The highest BCUT2D eigenvalue weighted by Crippen LogP contribution is 2.11. The van der Waals surface area contributed by atoms with Crippen LogP contribution in [0.4, 0.5) is 11.4 Å². The third-order valence-corrected chi connectivity index (χ3v) is 2.18. The molecule has 17 heavy (non-hydrogen) atoms. The number of amides is 1. The molecule has 0 unspecified atom stereocenters. The summed E-state index contributed by atoms with van der Waals surface area (Å²) in [6, 6.07) is 11.2. The molecule has 0 bridgehead atoms. The number of benzene rings is 1. The molecule has 1 heterocycles. The van der Waals surface area contributed by atoms with Gasteiger partial charge in [0.05, 0.1) is 0 Å². The van der Waals surface area contributed by atoms with Crippen LogP contribution in [0.3, 0.4) is 0 Å². The van der Waals surface area contributed by atoms with Crippen LogP contribution in [-0.4, -0.2) is 10.9 Å². The monoisotopic (exact) mass is 229 g/mol. The second-order valence-corrected chi connectivity index (χ2v) is 3.50. The number of carbonyl (C=O) groups excluding carboxylic acids is 1. The van der Waals surface area contributed by atoms with Gasteiger partial charge in [0.2, 0.25) is 5.56 Å². The number of hydrogen-bond acceptors (Lipinski definition) is 3. The Balaban J connectivity index is 2.17. The molecule has 1 amide bonds. The van der Waals surface area contributed by atoms with Gasteiger partial charge in [-0.15, -0.1) is 0 Å². The lowest BCUT2D eigenvalue weighted by Gasteiger charge is -2.04. The molecule has 0 spiro atoms. The summed E-state index contributed by atoms with van der Waals surface area (Å²) < 4.78 is 0. The van der Waals surface area contributed by atoms with E-state index in [1.165, 1.54) is 18.2 Å². The van der Waals surface area contributed by atoms with E-state index in [1.54, 1.807) is 24.3 Å². The molecule has 0 aliphatic rings. The molecule has 0 atom stereocenters. The average Bonchev–Trinajstić information content (AvgIpc) is 2.32. The van der Waals surface area contributed by atoms with Gasteiger partial charge in [-0.3, -0.25) is 9.59 Å². The predicted molar refractivity (Wildman–Crippen MR) is 65.9 cm³/mol. The second-order valence-electron chi connectivity index (χ2n) is 3.50. The lowest BCUT2D eigenvalue weighted by atomic mass is 10.2. The molecule has 0 aliphatic carbocycles. The molecule has 0 saturated heterocycles. The van der Waals surface area contributed by atoms with Crippen LogP contribution in [0.2, 0.25) is 0 Å². The van der Waals surface area contributed by atoms with E-state index < -0.39 is 0 Å². The summed E-state index contributed by atoms with van der Waals surface area (Å²) >= 11 is 0. The maximum atomic E-state index is 11.7. The minimum atomic E-state index is -0.368. The average molecular weight is 229 g/mol. The van der Waals surface area contributed by atoms with E-state index in [0.717, 1.165) is 0 Å². The summed E-state index contributed by atoms with van der Waals surface area (Å²) in [5.74, 6) is -0.368. The number of H-pyrrole nitrogens is 1. The van der Waals surface area contributed by atoms with E-state index in [9.17, 15) is 9.59 Å². The fourth-order valence-electron chi connectivity index (χ4n) is 1.35. The van der Waals surface area contributed by atoms with Gasteiger partial charge < -0.3 is 16.0 Å².